The molecule has 0 aliphatic carbocycles. The summed E-state index contributed by atoms with van der Waals surface area (Å²) in [7, 11) is 0. The molecule has 17 heavy (non-hydrogen) atoms. The molecular formula is C12H21NO3S. The minimum atomic E-state index is -0.250. The summed E-state index contributed by atoms with van der Waals surface area (Å²) in [6.07, 6.45) is 7.70. The highest BCUT2D eigenvalue weighted by Crippen LogP contribution is 2.06. The molecule has 5 heteroatoms. The summed E-state index contributed by atoms with van der Waals surface area (Å²) in [6.45, 7) is 2.88. The van der Waals surface area contributed by atoms with Crippen molar-refractivity contribution < 1.29 is 9.90 Å². The Hall–Kier alpha value is -1.10. The average Bonchev–Trinajstić information content (AvgIpc) is 2.71. The van der Waals surface area contributed by atoms with Crippen LogP contribution in [-0.4, -0.2) is 15.5 Å². The van der Waals surface area contributed by atoms with Gasteiger partial charge in [0.1, 0.15) is 0 Å². The molecule has 0 unspecified atom stereocenters. The quantitative estimate of drug-likeness (QED) is 0.605. The largest absolute Gasteiger partial charge is 0.483 e. The molecule has 1 N–H and O–H groups in total. The summed E-state index contributed by atoms with van der Waals surface area (Å²) in [4.78, 5) is 19.5. The number of carbonyl (C=O) groups is 1. The molecule has 0 atom stereocenters. The molecule has 1 aromatic heterocycles. The van der Waals surface area contributed by atoms with Crippen molar-refractivity contribution in [2.24, 2.45) is 0 Å². The highest BCUT2D eigenvalue weighted by molar-refractivity contribution is 7.04. The van der Waals surface area contributed by atoms with E-state index < -0.39 is 0 Å². The van der Waals surface area contributed by atoms with Crippen molar-refractivity contribution in [1.82, 2.24) is 3.96 Å². The topological polar surface area (TPSA) is 59.3 Å². The van der Waals surface area contributed by atoms with E-state index in [1.165, 1.54) is 43.6 Å². The Balaban J connectivity index is 0.000000770. The van der Waals surface area contributed by atoms with E-state index in [4.69, 9.17) is 9.90 Å². The van der Waals surface area contributed by atoms with E-state index >= 15 is 0 Å². The van der Waals surface area contributed by atoms with E-state index in [2.05, 4.69) is 6.92 Å². The van der Waals surface area contributed by atoms with Crippen molar-refractivity contribution in [3.63, 3.8) is 0 Å². The zero-order valence-corrected chi connectivity index (χ0v) is 11.1. The zero-order chi connectivity index (χ0) is 12.9. The first-order chi connectivity index (χ1) is 8.26. The summed E-state index contributed by atoms with van der Waals surface area (Å²) in [5.74, 6) is 0. The molecule has 0 aliphatic heterocycles. The Morgan fingerprint density at radius 2 is 1.88 bits per heavy atom. The van der Waals surface area contributed by atoms with Crippen LogP contribution in [0, 0.1) is 0 Å². The number of unbranched alkanes of at least 4 members (excludes halogenated alkanes) is 5. The lowest BCUT2D eigenvalue weighted by Gasteiger charge is -2.00. The third kappa shape index (κ3) is 8.68. The maximum atomic E-state index is 11.2. The number of rotatable bonds is 7. The van der Waals surface area contributed by atoms with Gasteiger partial charge in [0.15, 0.2) is 0 Å². The third-order valence-corrected chi connectivity index (χ3v) is 3.23. The van der Waals surface area contributed by atoms with Gasteiger partial charge in [-0.25, -0.2) is 0 Å². The fourth-order valence-corrected chi connectivity index (χ4v) is 2.22. The minimum absolute atomic E-state index is 0.156. The molecule has 0 bridgehead atoms. The van der Waals surface area contributed by atoms with Crippen LogP contribution in [0.5, 0.6) is 0 Å². The Labute approximate surface area is 106 Å². The molecule has 0 spiro atoms. The summed E-state index contributed by atoms with van der Waals surface area (Å²) >= 11 is 1.52. The van der Waals surface area contributed by atoms with Gasteiger partial charge in [-0.1, -0.05) is 50.6 Å². The SMILES string of the molecule is CCCCCCCCn1sccc1=O.O=CO. The Morgan fingerprint density at radius 3 is 2.41 bits per heavy atom. The number of carboxylic acid groups (broad SMARTS) is 1. The van der Waals surface area contributed by atoms with Gasteiger partial charge in [0, 0.05) is 18.0 Å². The van der Waals surface area contributed by atoms with E-state index in [-0.39, 0.29) is 12.0 Å². The van der Waals surface area contributed by atoms with Gasteiger partial charge in [0.05, 0.1) is 0 Å². The molecule has 0 aliphatic rings. The second-order valence-corrected chi connectivity index (χ2v) is 4.65. The molecule has 0 amide bonds. The first-order valence-corrected chi connectivity index (χ1v) is 6.82. The summed E-state index contributed by atoms with van der Waals surface area (Å²) in [5, 5.41) is 8.75. The second kappa shape index (κ2) is 11.4. The molecule has 1 heterocycles. The van der Waals surface area contributed by atoms with Crippen LogP contribution in [0.2, 0.25) is 0 Å². The van der Waals surface area contributed by atoms with Gasteiger partial charge in [0.2, 0.25) is 0 Å². The van der Waals surface area contributed by atoms with Crippen LogP contribution in [0.3, 0.4) is 0 Å². The van der Waals surface area contributed by atoms with Gasteiger partial charge >= 0.3 is 0 Å². The molecule has 1 aromatic rings. The third-order valence-electron chi connectivity index (χ3n) is 2.36. The first kappa shape index (κ1) is 15.9. The molecule has 98 valence electrons. The molecule has 0 aromatic carbocycles. The lowest BCUT2D eigenvalue weighted by atomic mass is 10.1. The fraction of sp³-hybridized carbons (Fsp3) is 0.667. The smallest absolute Gasteiger partial charge is 0.290 e. The maximum Gasteiger partial charge on any atom is 0.290 e. The van der Waals surface area contributed by atoms with E-state index in [9.17, 15) is 4.79 Å². The molecule has 0 saturated heterocycles. The van der Waals surface area contributed by atoms with Crippen LogP contribution < -0.4 is 5.56 Å². The summed E-state index contributed by atoms with van der Waals surface area (Å²) in [5.41, 5.74) is 0.156. The molecule has 0 saturated carbocycles. The van der Waals surface area contributed by atoms with Crippen molar-refractivity contribution in [3.05, 3.63) is 21.8 Å². The standard InChI is InChI=1S/C11H19NOS.CH2O2/c1-2-3-4-5-6-7-9-12-11(13)8-10-14-12;2-1-3/h8,10H,2-7,9H2,1H3;1H,(H,2,3). The number of hydrogen-bond acceptors (Lipinski definition) is 3. The fourth-order valence-electron chi connectivity index (χ4n) is 1.50. The van der Waals surface area contributed by atoms with Gasteiger partial charge in [0.25, 0.3) is 12.0 Å². The van der Waals surface area contributed by atoms with E-state index in [1.54, 1.807) is 6.07 Å². The normalized spacial score (nSPS) is 9.47. The van der Waals surface area contributed by atoms with Crippen LogP contribution in [0.15, 0.2) is 16.2 Å². The summed E-state index contributed by atoms with van der Waals surface area (Å²) in [6, 6.07) is 1.64. The van der Waals surface area contributed by atoms with Crippen molar-refractivity contribution in [3.8, 4) is 0 Å². The molecular weight excluding hydrogens is 238 g/mol. The summed E-state index contributed by atoms with van der Waals surface area (Å²) < 4.78 is 1.83. The lowest BCUT2D eigenvalue weighted by Crippen LogP contribution is -2.11. The average molecular weight is 259 g/mol. The number of aromatic nitrogens is 1. The number of nitrogens with zero attached hydrogens (tertiary/aromatic N) is 1. The molecule has 0 fully saturated rings. The van der Waals surface area contributed by atoms with Crippen LogP contribution in [-0.2, 0) is 11.3 Å². The van der Waals surface area contributed by atoms with Crippen molar-refractivity contribution in [1.29, 1.82) is 0 Å². The Kier molecular flexibility index (Phi) is 10.7. The second-order valence-electron chi connectivity index (χ2n) is 3.72. The monoisotopic (exact) mass is 259 g/mol. The van der Waals surface area contributed by atoms with Gasteiger partial charge in [-0.2, -0.15) is 0 Å². The van der Waals surface area contributed by atoms with Crippen LogP contribution >= 0.6 is 11.5 Å². The maximum absolute atomic E-state index is 11.2. The number of aryl methyl sites for hydroxylation is 1. The van der Waals surface area contributed by atoms with Gasteiger partial charge in [-0.05, 0) is 6.42 Å². The van der Waals surface area contributed by atoms with Crippen molar-refractivity contribution in [2.75, 3.05) is 0 Å². The van der Waals surface area contributed by atoms with Gasteiger partial charge < -0.3 is 5.11 Å². The number of hydrogen-bond donors (Lipinski definition) is 1. The zero-order valence-electron chi connectivity index (χ0n) is 10.3. The minimum Gasteiger partial charge on any atom is -0.483 e. The van der Waals surface area contributed by atoms with Crippen LogP contribution in [0.25, 0.3) is 0 Å². The highest BCUT2D eigenvalue weighted by atomic mass is 32.1. The van der Waals surface area contributed by atoms with Gasteiger partial charge in [-0.15, -0.1) is 0 Å². The van der Waals surface area contributed by atoms with Crippen LogP contribution in [0.1, 0.15) is 45.4 Å². The lowest BCUT2D eigenvalue weighted by molar-refractivity contribution is -0.122. The van der Waals surface area contributed by atoms with E-state index in [0.29, 0.717) is 0 Å². The first-order valence-electron chi connectivity index (χ1n) is 5.99. The Morgan fingerprint density at radius 1 is 1.29 bits per heavy atom. The van der Waals surface area contributed by atoms with Crippen LogP contribution in [0.4, 0.5) is 0 Å². The van der Waals surface area contributed by atoms with Crippen molar-refractivity contribution in [2.45, 2.75) is 52.0 Å². The highest BCUT2D eigenvalue weighted by Gasteiger charge is 1.95. The Bertz CT molecular complexity index is 332. The van der Waals surface area contributed by atoms with Gasteiger partial charge in [-0.3, -0.25) is 13.5 Å². The molecule has 0 radical (unpaired) electrons. The van der Waals surface area contributed by atoms with E-state index in [1.807, 2.05) is 9.34 Å². The van der Waals surface area contributed by atoms with Crippen molar-refractivity contribution >= 4 is 18.0 Å². The predicted molar refractivity (Wildman–Crippen MR) is 70.6 cm³/mol. The molecule has 1 rings (SSSR count). The van der Waals surface area contributed by atoms with E-state index in [0.717, 1.165) is 13.0 Å². The predicted octanol–water partition coefficient (Wildman–Crippen LogP) is 2.97. The molecule has 4 nitrogen and oxygen atoms in total.